The summed E-state index contributed by atoms with van der Waals surface area (Å²) in [7, 11) is 0. The van der Waals surface area contributed by atoms with Gasteiger partial charge in [0.2, 0.25) is 5.91 Å². The molecule has 1 aromatic heterocycles. The fraction of sp³-hybridized carbons (Fsp3) is 0.346. The van der Waals surface area contributed by atoms with Gasteiger partial charge in [-0.05, 0) is 30.2 Å². The molecule has 36 heavy (non-hydrogen) atoms. The van der Waals surface area contributed by atoms with Crippen LogP contribution in [0.1, 0.15) is 40.3 Å². The molecule has 0 fully saturated rings. The van der Waals surface area contributed by atoms with Gasteiger partial charge in [0, 0.05) is 35.8 Å². The van der Waals surface area contributed by atoms with Crippen LogP contribution >= 0.6 is 0 Å². The Hall–Kier alpha value is -4.21. The molecule has 3 rings (SSSR count). The second-order valence-electron chi connectivity index (χ2n) is 9.97. The Morgan fingerprint density at radius 2 is 1.69 bits per heavy atom. The van der Waals surface area contributed by atoms with Crippen LogP contribution in [0.15, 0.2) is 60.7 Å². The third kappa shape index (κ3) is 6.91. The van der Waals surface area contributed by atoms with Gasteiger partial charge in [-0.2, -0.15) is 5.10 Å². The molecule has 2 N–H and O–H groups in total. The van der Waals surface area contributed by atoms with Crippen molar-refractivity contribution in [2.45, 2.75) is 40.0 Å². The minimum Gasteiger partial charge on any atom is -0.315 e. The van der Waals surface area contributed by atoms with Crippen molar-refractivity contribution in [3.63, 3.8) is 0 Å². The highest BCUT2D eigenvalue weighted by Crippen LogP contribution is 2.26. The molecule has 3 aromatic rings. The van der Waals surface area contributed by atoms with E-state index in [0.29, 0.717) is 18.1 Å². The molecule has 190 valence electrons. The van der Waals surface area contributed by atoms with Gasteiger partial charge in [0.15, 0.2) is 0 Å². The Morgan fingerprint density at radius 3 is 2.25 bits per heavy atom. The second-order valence-corrected chi connectivity index (χ2v) is 9.97. The minimum absolute atomic E-state index is 0.0731. The highest BCUT2D eigenvalue weighted by molar-refractivity contribution is 5.96. The Bertz CT molecular complexity index is 1210. The lowest BCUT2D eigenvalue weighted by Crippen LogP contribution is -2.42. The molecule has 0 aliphatic rings. The third-order valence-electron chi connectivity index (χ3n) is 5.28. The zero-order valence-corrected chi connectivity index (χ0v) is 21.2. The van der Waals surface area contributed by atoms with E-state index < -0.39 is 11.0 Å². The monoisotopic (exact) mass is 492 g/mol. The topological polar surface area (TPSA) is 122 Å². The van der Waals surface area contributed by atoms with Crippen molar-refractivity contribution in [3.8, 4) is 5.69 Å². The van der Waals surface area contributed by atoms with Crippen molar-refractivity contribution in [2.24, 2.45) is 5.92 Å². The predicted octanol–water partition coefficient (Wildman–Crippen LogP) is 5.21. The maximum atomic E-state index is 13.1. The summed E-state index contributed by atoms with van der Waals surface area (Å²) in [5.74, 6) is 0.256. The number of nitrogens with one attached hydrogen (secondary N) is 2. The van der Waals surface area contributed by atoms with Crippen molar-refractivity contribution in [1.82, 2.24) is 14.7 Å². The normalized spacial score (nSPS) is 11.3. The van der Waals surface area contributed by atoms with Gasteiger partial charge in [-0.25, -0.2) is 9.48 Å². The van der Waals surface area contributed by atoms with E-state index in [1.807, 2.05) is 71.0 Å². The van der Waals surface area contributed by atoms with E-state index in [2.05, 4.69) is 10.6 Å². The molecule has 0 unspecified atom stereocenters. The minimum atomic E-state index is -0.508. The number of nitrogens with zero attached hydrogens (tertiary/aromatic N) is 4. The number of benzene rings is 2. The molecule has 0 saturated heterocycles. The van der Waals surface area contributed by atoms with Crippen LogP contribution in [-0.2, 0) is 10.2 Å². The maximum absolute atomic E-state index is 13.1. The van der Waals surface area contributed by atoms with Gasteiger partial charge in [0.25, 0.3) is 5.69 Å². The number of carbonyl (C=O) groups is 2. The number of aromatic nitrogens is 2. The molecule has 0 aliphatic heterocycles. The van der Waals surface area contributed by atoms with E-state index in [-0.39, 0.29) is 29.5 Å². The van der Waals surface area contributed by atoms with E-state index in [4.69, 9.17) is 5.10 Å². The standard InChI is InChI=1S/C26H32N6O4/c1-18(2)16-30(25(34)27-19-11-13-21(14-12-19)32(35)36)17-24(33)28-23-15-22(26(3,4)5)29-31(23)20-9-7-6-8-10-20/h6-15,18H,16-17H2,1-5H3,(H,27,34)(H,28,33). The van der Waals surface area contributed by atoms with Crippen molar-refractivity contribution in [3.05, 3.63) is 76.5 Å². The number of hydrogen-bond acceptors (Lipinski definition) is 5. The highest BCUT2D eigenvalue weighted by Gasteiger charge is 2.23. The Kier molecular flexibility index (Phi) is 8.08. The van der Waals surface area contributed by atoms with E-state index in [9.17, 15) is 19.7 Å². The number of para-hydroxylation sites is 1. The smallest absolute Gasteiger partial charge is 0.315 e. The van der Waals surface area contributed by atoms with Crippen LogP contribution in [0.5, 0.6) is 0 Å². The van der Waals surface area contributed by atoms with Gasteiger partial charge in [-0.15, -0.1) is 0 Å². The zero-order valence-electron chi connectivity index (χ0n) is 21.2. The summed E-state index contributed by atoms with van der Waals surface area (Å²) in [6.07, 6.45) is 0. The lowest BCUT2D eigenvalue weighted by atomic mass is 9.92. The van der Waals surface area contributed by atoms with Gasteiger partial charge >= 0.3 is 6.03 Å². The van der Waals surface area contributed by atoms with Crippen molar-refractivity contribution < 1.29 is 14.5 Å². The molecular formula is C26H32N6O4. The Morgan fingerprint density at radius 1 is 1.06 bits per heavy atom. The van der Waals surface area contributed by atoms with E-state index >= 15 is 0 Å². The number of nitro groups is 1. The number of urea groups is 1. The van der Waals surface area contributed by atoms with Crippen LogP contribution in [0.4, 0.5) is 22.0 Å². The summed E-state index contributed by atoms with van der Waals surface area (Å²) < 4.78 is 1.68. The number of anilines is 2. The fourth-order valence-corrected chi connectivity index (χ4v) is 3.49. The molecule has 0 atom stereocenters. The number of nitro benzene ring substituents is 1. The van der Waals surface area contributed by atoms with E-state index in [0.717, 1.165) is 11.4 Å². The van der Waals surface area contributed by atoms with Crippen LogP contribution in [0.2, 0.25) is 0 Å². The third-order valence-corrected chi connectivity index (χ3v) is 5.28. The van der Waals surface area contributed by atoms with Crippen LogP contribution in [0.25, 0.3) is 5.69 Å². The number of carbonyl (C=O) groups excluding carboxylic acids is 2. The first-order valence-corrected chi connectivity index (χ1v) is 11.7. The second kappa shape index (κ2) is 11.0. The first-order valence-electron chi connectivity index (χ1n) is 11.7. The first kappa shape index (κ1) is 26.4. The number of non-ortho nitro benzene ring substituents is 1. The summed E-state index contributed by atoms with van der Waals surface area (Å²) in [6.45, 7) is 10.2. The van der Waals surface area contributed by atoms with E-state index in [1.165, 1.54) is 29.2 Å². The largest absolute Gasteiger partial charge is 0.322 e. The van der Waals surface area contributed by atoms with Gasteiger partial charge in [0.05, 0.1) is 16.3 Å². The quantitative estimate of drug-likeness (QED) is 0.330. The van der Waals surface area contributed by atoms with Crippen molar-refractivity contribution >= 4 is 29.1 Å². The SMILES string of the molecule is CC(C)CN(CC(=O)Nc1cc(C(C)(C)C)nn1-c1ccccc1)C(=O)Nc1ccc([N+](=O)[O-])cc1. The van der Waals surface area contributed by atoms with Crippen LogP contribution < -0.4 is 10.6 Å². The molecule has 10 heteroatoms. The zero-order chi connectivity index (χ0) is 26.5. The van der Waals surface area contributed by atoms with Crippen molar-refractivity contribution in [2.75, 3.05) is 23.7 Å². The van der Waals surface area contributed by atoms with E-state index in [1.54, 1.807) is 4.68 Å². The summed E-state index contributed by atoms with van der Waals surface area (Å²) in [6, 6.07) is 16.4. The fourth-order valence-electron chi connectivity index (χ4n) is 3.49. The average Bonchev–Trinajstić information content (AvgIpc) is 3.23. The molecule has 0 aliphatic carbocycles. The number of amides is 3. The van der Waals surface area contributed by atoms with Crippen LogP contribution in [0, 0.1) is 16.0 Å². The first-order chi connectivity index (χ1) is 16.9. The predicted molar refractivity (Wildman–Crippen MR) is 139 cm³/mol. The molecule has 0 radical (unpaired) electrons. The Labute approximate surface area is 210 Å². The van der Waals surface area contributed by atoms with Crippen LogP contribution in [-0.4, -0.2) is 44.6 Å². The average molecular weight is 493 g/mol. The molecular weight excluding hydrogens is 460 g/mol. The molecule has 0 saturated carbocycles. The molecule has 10 nitrogen and oxygen atoms in total. The number of hydrogen-bond donors (Lipinski definition) is 2. The molecule has 3 amide bonds. The van der Waals surface area contributed by atoms with Gasteiger partial charge in [0.1, 0.15) is 12.4 Å². The van der Waals surface area contributed by atoms with Gasteiger partial charge < -0.3 is 15.5 Å². The lowest BCUT2D eigenvalue weighted by Gasteiger charge is -2.24. The highest BCUT2D eigenvalue weighted by atomic mass is 16.6. The summed E-state index contributed by atoms with van der Waals surface area (Å²) >= 11 is 0. The van der Waals surface area contributed by atoms with Gasteiger partial charge in [-0.1, -0.05) is 52.8 Å². The molecule has 0 spiro atoms. The lowest BCUT2D eigenvalue weighted by molar-refractivity contribution is -0.384. The summed E-state index contributed by atoms with van der Waals surface area (Å²) in [5, 5.41) is 21.2. The number of rotatable bonds is 8. The molecule has 1 heterocycles. The summed E-state index contributed by atoms with van der Waals surface area (Å²) in [5.41, 5.74) is 1.72. The van der Waals surface area contributed by atoms with Crippen LogP contribution in [0.3, 0.4) is 0 Å². The van der Waals surface area contributed by atoms with Crippen molar-refractivity contribution in [1.29, 1.82) is 0 Å². The Balaban J connectivity index is 1.78. The maximum Gasteiger partial charge on any atom is 0.322 e. The molecule has 0 bridgehead atoms. The molecule has 2 aromatic carbocycles. The summed E-state index contributed by atoms with van der Waals surface area (Å²) in [4.78, 5) is 37.8. The van der Waals surface area contributed by atoms with Gasteiger partial charge in [-0.3, -0.25) is 14.9 Å².